The highest BCUT2D eigenvalue weighted by Crippen LogP contribution is 2.26. The lowest BCUT2D eigenvalue weighted by molar-refractivity contribution is 0.519. The van der Waals surface area contributed by atoms with Crippen molar-refractivity contribution in [2.24, 2.45) is 0 Å². The Labute approximate surface area is 139 Å². The fraction of sp³-hybridized carbons (Fsp3) is 0.812. The highest BCUT2D eigenvalue weighted by molar-refractivity contribution is 8.00. The fourth-order valence-corrected chi connectivity index (χ4v) is 3.34. The topological polar surface area (TPSA) is 29.9 Å². The summed E-state index contributed by atoms with van der Waals surface area (Å²) in [6.07, 6.45) is 2.09. The molecule has 0 aliphatic rings. The number of aromatic nitrogens is 2. The number of nitrogens with one attached hydrogen (secondary N) is 1. The van der Waals surface area contributed by atoms with Gasteiger partial charge in [-0.05, 0) is 26.8 Å². The van der Waals surface area contributed by atoms with E-state index < -0.39 is 0 Å². The monoisotopic (exact) mass is 331 g/mol. The van der Waals surface area contributed by atoms with Gasteiger partial charge in [-0.25, -0.2) is 0 Å². The lowest BCUT2D eigenvalue weighted by atomic mass is 10.1. The van der Waals surface area contributed by atoms with Gasteiger partial charge in [0, 0.05) is 29.5 Å². The van der Waals surface area contributed by atoms with Crippen molar-refractivity contribution in [2.45, 2.75) is 71.7 Å². The highest BCUT2D eigenvalue weighted by Gasteiger charge is 2.20. The third kappa shape index (κ3) is 6.21. The van der Waals surface area contributed by atoms with Crippen molar-refractivity contribution in [1.82, 2.24) is 15.1 Å². The molecule has 0 spiro atoms. The van der Waals surface area contributed by atoms with Crippen molar-refractivity contribution in [3.8, 4) is 0 Å². The summed E-state index contributed by atoms with van der Waals surface area (Å²) in [6.45, 7) is 15.0. The Hall–Kier alpha value is -0.190. The van der Waals surface area contributed by atoms with Gasteiger partial charge in [0.1, 0.15) is 0 Å². The van der Waals surface area contributed by atoms with E-state index in [2.05, 4.69) is 45.0 Å². The van der Waals surface area contributed by atoms with E-state index in [0.717, 1.165) is 42.4 Å². The van der Waals surface area contributed by atoms with Crippen LogP contribution < -0.4 is 5.32 Å². The van der Waals surface area contributed by atoms with E-state index >= 15 is 0 Å². The summed E-state index contributed by atoms with van der Waals surface area (Å²) in [5.74, 6) is 1.09. The summed E-state index contributed by atoms with van der Waals surface area (Å²) in [7, 11) is 0. The maximum absolute atomic E-state index is 6.44. The van der Waals surface area contributed by atoms with Crippen LogP contribution in [0.25, 0.3) is 0 Å². The number of halogens is 1. The summed E-state index contributed by atoms with van der Waals surface area (Å²) in [5, 5.41) is 9.01. The maximum Gasteiger partial charge on any atom is 0.0847 e. The van der Waals surface area contributed by atoms with Crippen LogP contribution in [0.1, 0.15) is 52.4 Å². The predicted octanol–water partition coefficient (Wildman–Crippen LogP) is 4.31. The number of aryl methyl sites for hydroxylation is 2. The molecule has 0 saturated heterocycles. The van der Waals surface area contributed by atoms with E-state index in [-0.39, 0.29) is 4.75 Å². The summed E-state index contributed by atoms with van der Waals surface area (Å²) in [6, 6.07) is 0.438. The molecule has 1 rings (SSSR count). The first-order chi connectivity index (χ1) is 9.78. The molecule has 21 heavy (non-hydrogen) atoms. The van der Waals surface area contributed by atoms with Gasteiger partial charge in [0.05, 0.1) is 16.4 Å². The van der Waals surface area contributed by atoms with Gasteiger partial charge >= 0.3 is 0 Å². The van der Waals surface area contributed by atoms with Gasteiger partial charge in [0.2, 0.25) is 0 Å². The fourth-order valence-electron chi connectivity index (χ4n) is 2.19. The molecule has 5 heteroatoms. The molecule has 1 aromatic rings. The zero-order valence-corrected chi connectivity index (χ0v) is 15.9. The van der Waals surface area contributed by atoms with Gasteiger partial charge in [0.25, 0.3) is 0 Å². The normalized spacial score (nSPS) is 13.7. The standard InChI is InChI=1S/C16H30ClN3S/c1-7-9-18-13(11-21-16(4,5)6)10-14-15(17)12(3)19-20(14)8-2/h13,18H,7-11H2,1-6H3. The van der Waals surface area contributed by atoms with Crippen molar-refractivity contribution < 1.29 is 0 Å². The zero-order valence-electron chi connectivity index (χ0n) is 14.3. The highest BCUT2D eigenvalue weighted by atomic mass is 35.5. The summed E-state index contributed by atoms with van der Waals surface area (Å²) < 4.78 is 2.33. The van der Waals surface area contributed by atoms with Gasteiger partial charge in [-0.2, -0.15) is 16.9 Å². The van der Waals surface area contributed by atoms with Crippen LogP contribution in [0.4, 0.5) is 0 Å². The first kappa shape index (κ1) is 18.9. The Kier molecular flexibility index (Phi) is 7.58. The van der Waals surface area contributed by atoms with Gasteiger partial charge < -0.3 is 5.32 Å². The first-order valence-electron chi connectivity index (χ1n) is 7.87. The molecule has 1 unspecified atom stereocenters. The predicted molar refractivity (Wildman–Crippen MR) is 95.6 cm³/mol. The molecule has 0 aromatic carbocycles. The number of hydrogen-bond acceptors (Lipinski definition) is 3. The largest absolute Gasteiger partial charge is 0.313 e. The number of hydrogen-bond donors (Lipinski definition) is 1. The summed E-state index contributed by atoms with van der Waals surface area (Å²) in [5.41, 5.74) is 2.10. The van der Waals surface area contributed by atoms with Crippen molar-refractivity contribution in [1.29, 1.82) is 0 Å². The van der Waals surface area contributed by atoms with Crippen LogP contribution in [-0.2, 0) is 13.0 Å². The maximum atomic E-state index is 6.44. The molecule has 1 N–H and O–H groups in total. The second-order valence-corrected chi connectivity index (χ2v) is 8.67. The first-order valence-corrected chi connectivity index (χ1v) is 9.24. The molecule has 0 saturated carbocycles. The van der Waals surface area contributed by atoms with Crippen LogP contribution in [0, 0.1) is 6.92 Å². The SMILES string of the molecule is CCCNC(CSC(C)(C)C)Cc1c(Cl)c(C)nn1CC. The molecule has 0 amide bonds. The molecular formula is C16H30ClN3S. The molecular weight excluding hydrogens is 302 g/mol. The quantitative estimate of drug-likeness (QED) is 0.770. The van der Waals surface area contributed by atoms with Crippen LogP contribution in [0.3, 0.4) is 0 Å². The summed E-state index contributed by atoms with van der Waals surface area (Å²) >= 11 is 8.45. The third-order valence-corrected chi connectivity index (χ3v) is 5.22. The Morgan fingerprint density at radius 1 is 1.33 bits per heavy atom. The number of rotatable bonds is 8. The third-order valence-electron chi connectivity index (χ3n) is 3.29. The van der Waals surface area contributed by atoms with Gasteiger partial charge in [0.15, 0.2) is 0 Å². The van der Waals surface area contributed by atoms with E-state index in [9.17, 15) is 0 Å². The number of thioether (sulfide) groups is 1. The van der Waals surface area contributed by atoms with E-state index in [1.54, 1.807) is 0 Å². The van der Waals surface area contributed by atoms with E-state index in [1.165, 1.54) is 5.69 Å². The van der Waals surface area contributed by atoms with Crippen molar-refractivity contribution in [3.63, 3.8) is 0 Å². The zero-order chi connectivity index (χ0) is 16.0. The van der Waals surface area contributed by atoms with Crippen LogP contribution >= 0.6 is 23.4 Å². The second kappa shape index (κ2) is 8.44. The van der Waals surface area contributed by atoms with Gasteiger partial charge in [-0.15, -0.1) is 0 Å². The molecule has 1 aromatic heterocycles. The molecule has 0 radical (unpaired) electrons. The van der Waals surface area contributed by atoms with Crippen molar-refractivity contribution in [3.05, 3.63) is 16.4 Å². The van der Waals surface area contributed by atoms with Crippen LogP contribution in [0.5, 0.6) is 0 Å². The smallest absolute Gasteiger partial charge is 0.0847 e. The Morgan fingerprint density at radius 2 is 2.00 bits per heavy atom. The molecule has 122 valence electrons. The Bertz CT molecular complexity index is 437. The molecule has 1 heterocycles. The lowest BCUT2D eigenvalue weighted by Crippen LogP contribution is -2.36. The van der Waals surface area contributed by atoms with Crippen LogP contribution in [0.15, 0.2) is 0 Å². The van der Waals surface area contributed by atoms with E-state index in [1.807, 2.05) is 23.4 Å². The molecule has 0 fully saturated rings. The molecule has 3 nitrogen and oxygen atoms in total. The number of nitrogens with zero attached hydrogens (tertiary/aromatic N) is 2. The van der Waals surface area contributed by atoms with Crippen molar-refractivity contribution in [2.75, 3.05) is 12.3 Å². The molecule has 0 aliphatic heterocycles. The molecule has 1 atom stereocenters. The van der Waals surface area contributed by atoms with E-state index in [0.29, 0.717) is 6.04 Å². The van der Waals surface area contributed by atoms with Crippen LogP contribution in [0.2, 0.25) is 5.02 Å². The average Bonchev–Trinajstić information content (AvgIpc) is 2.68. The van der Waals surface area contributed by atoms with E-state index in [4.69, 9.17) is 11.6 Å². The minimum atomic E-state index is 0.289. The van der Waals surface area contributed by atoms with Gasteiger partial charge in [-0.1, -0.05) is 39.3 Å². The summed E-state index contributed by atoms with van der Waals surface area (Å²) in [4.78, 5) is 0. The minimum Gasteiger partial charge on any atom is -0.313 e. The Balaban J connectivity index is 2.80. The average molecular weight is 332 g/mol. The minimum absolute atomic E-state index is 0.289. The second-order valence-electron chi connectivity index (χ2n) is 6.44. The Morgan fingerprint density at radius 3 is 2.52 bits per heavy atom. The molecule has 0 bridgehead atoms. The molecule has 0 aliphatic carbocycles. The lowest BCUT2D eigenvalue weighted by Gasteiger charge is -2.24. The van der Waals surface area contributed by atoms with Gasteiger partial charge in [-0.3, -0.25) is 4.68 Å². The van der Waals surface area contributed by atoms with Crippen molar-refractivity contribution >= 4 is 23.4 Å². The van der Waals surface area contributed by atoms with Crippen LogP contribution in [-0.4, -0.2) is 32.9 Å².